The van der Waals surface area contributed by atoms with Crippen LogP contribution in [0.1, 0.15) is 0 Å². The number of benzene rings is 12. The third-order valence-corrected chi connectivity index (χ3v) is 13.3. The fourth-order valence-corrected chi connectivity index (χ4v) is 10.4. The first-order valence-electron chi connectivity index (χ1n) is 21.8. The predicted molar refractivity (Wildman–Crippen MR) is 269 cm³/mol. The predicted octanol–water partition coefficient (Wildman–Crippen LogP) is 17.6. The lowest BCUT2D eigenvalue weighted by atomic mass is 9.91. The molecule has 0 unspecified atom stereocenters. The molecule has 0 spiro atoms. The maximum atomic E-state index is 6.34. The molecule has 14 aromatic rings. The molecule has 0 aliphatic carbocycles. The van der Waals surface area contributed by atoms with Crippen LogP contribution in [0, 0.1) is 0 Å². The smallest absolute Gasteiger partial charge is 0.135 e. The number of furan rings is 2. The van der Waals surface area contributed by atoms with Gasteiger partial charge >= 0.3 is 0 Å². The molecule has 0 atom stereocenters. The molecule has 0 amide bonds. The van der Waals surface area contributed by atoms with E-state index in [1.807, 2.05) is 24.3 Å². The molecule has 0 bridgehead atoms. The summed E-state index contributed by atoms with van der Waals surface area (Å²) in [4.78, 5) is 4.87. The van der Waals surface area contributed by atoms with Crippen LogP contribution in [-0.2, 0) is 0 Å². The maximum absolute atomic E-state index is 6.34. The van der Waals surface area contributed by atoms with Crippen molar-refractivity contribution < 1.29 is 8.83 Å². The standard InChI is InChI=1S/C60H36N2O2/c1-3-13-39-31-43(25-23-37(39)11-1)61(45-27-29-57-51(35-45)47-17-5-7-21-55(47)63-57)53-33-41-15-10-20-50-54(34-42-16-9-19-49(53)59(42)60(41)50)62(44-26-24-38-12-2-4-14-40(38)32-44)46-28-30-58-52(36-46)48-18-6-8-22-56(48)64-58/h1-36H. The lowest BCUT2D eigenvalue weighted by molar-refractivity contribution is 0.668. The van der Waals surface area contributed by atoms with E-state index in [1.54, 1.807) is 0 Å². The quantitative estimate of drug-likeness (QED) is 0.157. The van der Waals surface area contributed by atoms with Crippen molar-refractivity contribution in [3.05, 3.63) is 218 Å². The van der Waals surface area contributed by atoms with Crippen molar-refractivity contribution in [1.82, 2.24) is 0 Å². The molecule has 0 radical (unpaired) electrons. The first-order chi connectivity index (χ1) is 31.7. The minimum atomic E-state index is 0.877. The Morgan fingerprint density at radius 2 is 0.594 bits per heavy atom. The topological polar surface area (TPSA) is 32.8 Å². The maximum Gasteiger partial charge on any atom is 0.135 e. The Bertz CT molecular complexity index is 3910. The van der Waals surface area contributed by atoms with Crippen LogP contribution >= 0.6 is 0 Å². The van der Waals surface area contributed by atoms with Gasteiger partial charge in [-0.05, 0) is 128 Å². The third-order valence-electron chi connectivity index (χ3n) is 13.3. The van der Waals surface area contributed by atoms with Gasteiger partial charge < -0.3 is 18.6 Å². The summed E-state index contributed by atoms with van der Waals surface area (Å²) in [6.45, 7) is 0. The summed E-state index contributed by atoms with van der Waals surface area (Å²) in [5.74, 6) is 0. The summed E-state index contributed by atoms with van der Waals surface area (Å²) in [6.07, 6.45) is 0. The van der Waals surface area contributed by atoms with E-state index < -0.39 is 0 Å². The second-order valence-electron chi connectivity index (χ2n) is 16.9. The highest BCUT2D eigenvalue weighted by atomic mass is 16.3. The Balaban J connectivity index is 1.04. The number of rotatable bonds is 6. The largest absolute Gasteiger partial charge is 0.456 e. The average Bonchev–Trinajstić information content (AvgIpc) is 3.91. The highest BCUT2D eigenvalue weighted by Gasteiger charge is 2.25. The molecule has 2 heterocycles. The molecule has 2 aromatic heterocycles. The molecule has 14 rings (SSSR count). The molecule has 0 aliphatic rings. The summed E-state index contributed by atoms with van der Waals surface area (Å²) < 4.78 is 12.7. The van der Waals surface area contributed by atoms with E-state index >= 15 is 0 Å². The number of hydrogen-bond acceptors (Lipinski definition) is 4. The van der Waals surface area contributed by atoms with Crippen molar-refractivity contribution in [1.29, 1.82) is 0 Å². The summed E-state index contributed by atoms with van der Waals surface area (Å²) in [6, 6.07) is 79.0. The number of fused-ring (bicyclic) bond motifs is 8. The second kappa shape index (κ2) is 13.4. The van der Waals surface area contributed by atoms with Crippen molar-refractivity contribution in [2.24, 2.45) is 0 Å². The first kappa shape index (κ1) is 35.0. The van der Waals surface area contributed by atoms with E-state index in [0.717, 1.165) is 78.0 Å². The molecule has 298 valence electrons. The highest BCUT2D eigenvalue weighted by molar-refractivity contribution is 6.30. The van der Waals surface area contributed by atoms with Crippen molar-refractivity contribution in [3.63, 3.8) is 0 Å². The molecule has 4 nitrogen and oxygen atoms in total. The molecule has 0 saturated heterocycles. The Labute approximate surface area is 367 Å². The summed E-state index contributed by atoms with van der Waals surface area (Å²) >= 11 is 0. The van der Waals surface area contributed by atoms with Gasteiger partial charge in [-0.3, -0.25) is 0 Å². The lowest BCUT2D eigenvalue weighted by Gasteiger charge is -2.30. The van der Waals surface area contributed by atoms with Crippen LogP contribution in [0.25, 0.3) is 97.7 Å². The van der Waals surface area contributed by atoms with E-state index in [0.29, 0.717) is 0 Å². The Kier molecular flexibility index (Phi) is 7.36. The molecule has 4 heteroatoms. The van der Waals surface area contributed by atoms with E-state index in [4.69, 9.17) is 8.83 Å². The van der Waals surface area contributed by atoms with E-state index in [1.165, 1.54) is 53.9 Å². The molecule has 12 aromatic carbocycles. The normalized spacial score (nSPS) is 12.1. The number of hydrogen-bond donors (Lipinski definition) is 0. The van der Waals surface area contributed by atoms with Crippen LogP contribution in [-0.4, -0.2) is 0 Å². The van der Waals surface area contributed by atoms with Gasteiger partial charge in [0.2, 0.25) is 0 Å². The molecule has 0 aliphatic heterocycles. The Hall–Kier alpha value is -8.60. The highest BCUT2D eigenvalue weighted by Crippen LogP contribution is 2.50. The number of nitrogens with zero attached hydrogens (tertiary/aromatic N) is 2. The van der Waals surface area contributed by atoms with Gasteiger partial charge in [-0.2, -0.15) is 0 Å². The van der Waals surface area contributed by atoms with Crippen LogP contribution < -0.4 is 9.80 Å². The Morgan fingerprint density at radius 1 is 0.234 bits per heavy atom. The van der Waals surface area contributed by atoms with Crippen LogP contribution in [0.2, 0.25) is 0 Å². The van der Waals surface area contributed by atoms with E-state index in [2.05, 4.69) is 204 Å². The summed E-state index contributed by atoms with van der Waals surface area (Å²) in [7, 11) is 0. The third kappa shape index (κ3) is 5.23. The minimum Gasteiger partial charge on any atom is -0.456 e. The fraction of sp³-hybridized carbons (Fsp3) is 0. The number of para-hydroxylation sites is 2. The lowest BCUT2D eigenvalue weighted by Crippen LogP contribution is -2.12. The zero-order valence-corrected chi connectivity index (χ0v) is 34.5. The van der Waals surface area contributed by atoms with Gasteiger partial charge in [0.1, 0.15) is 22.3 Å². The van der Waals surface area contributed by atoms with Crippen molar-refractivity contribution in [3.8, 4) is 0 Å². The zero-order chi connectivity index (χ0) is 41.9. The average molecular weight is 817 g/mol. The van der Waals surface area contributed by atoms with Crippen LogP contribution in [0.15, 0.2) is 227 Å². The van der Waals surface area contributed by atoms with Gasteiger partial charge in [-0.25, -0.2) is 0 Å². The second-order valence-corrected chi connectivity index (χ2v) is 16.9. The monoisotopic (exact) mass is 816 g/mol. The van der Waals surface area contributed by atoms with Gasteiger partial charge in [-0.1, -0.05) is 133 Å². The number of anilines is 6. The first-order valence-corrected chi connectivity index (χ1v) is 21.8. The van der Waals surface area contributed by atoms with Crippen molar-refractivity contribution >= 4 is 132 Å². The van der Waals surface area contributed by atoms with Crippen LogP contribution in [0.5, 0.6) is 0 Å². The molecular formula is C60H36N2O2. The van der Waals surface area contributed by atoms with Gasteiger partial charge in [-0.15, -0.1) is 0 Å². The van der Waals surface area contributed by atoms with Crippen LogP contribution in [0.4, 0.5) is 34.1 Å². The van der Waals surface area contributed by atoms with Crippen molar-refractivity contribution in [2.45, 2.75) is 0 Å². The summed E-state index contributed by atoms with van der Waals surface area (Å²) in [5.41, 5.74) is 10.1. The van der Waals surface area contributed by atoms with E-state index in [-0.39, 0.29) is 0 Å². The molecule has 0 saturated carbocycles. The van der Waals surface area contributed by atoms with Gasteiger partial charge in [0, 0.05) is 55.1 Å². The fourth-order valence-electron chi connectivity index (χ4n) is 10.4. The summed E-state index contributed by atoms with van der Waals surface area (Å²) in [5, 5.41) is 16.4. The minimum absolute atomic E-state index is 0.877. The zero-order valence-electron chi connectivity index (χ0n) is 34.5. The SMILES string of the molecule is c1ccc2cc(N(c3ccc4oc5ccccc5c4c3)c3cc4cccc5c(N(c6ccc7ccccc7c6)c6ccc7oc8ccccc8c7c6)cc6cccc3c6c45)ccc2c1. The van der Waals surface area contributed by atoms with Gasteiger partial charge in [0.25, 0.3) is 0 Å². The molecule has 0 N–H and O–H groups in total. The molecule has 0 fully saturated rings. The Morgan fingerprint density at radius 3 is 1.08 bits per heavy atom. The van der Waals surface area contributed by atoms with Crippen LogP contribution in [0.3, 0.4) is 0 Å². The molecular weight excluding hydrogens is 781 g/mol. The van der Waals surface area contributed by atoms with Crippen molar-refractivity contribution in [2.75, 3.05) is 9.80 Å². The molecule has 64 heavy (non-hydrogen) atoms. The van der Waals surface area contributed by atoms with Gasteiger partial charge in [0.05, 0.1) is 11.4 Å². The van der Waals surface area contributed by atoms with Gasteiger partial charge in [0.15, 0.2) is 0 Å². The van der Waals surface area contributed by atoms with E-state index in [9.17, 15) is 0 Å².